The second-order valence-corrected chi connectivity index (χ2v) is 2.97. The third-order valence-corrected chi connectivity index (χ3v) is 2.15. The Morgan fingerprint density at radius 2 is 2.08 bits per heavy atom. The lowest BCUT2D eigenvalue weighted by Crippen LogP contribution is -1.81. The van der Waals surface area contributed by atoms with E-state index < -0.39 is 0 Å². The first kappa shape index (κ1) is 7.86. The Kier molecular flexibility index (Phi) is 1.59. The molecule has 0 aliphatic carbocycles. The zero-order valence-electron chi connectivity index (χ0n) is 7.15. The first-order valence-electron chi connectivity index (χ1n) is 3.95. The summed E-state index contributed by atoms with van der Waals surface area (Å²) in [5.74, 6) is -0.156. The van der Waals surface area contributed by atoms with E-state index in [9.17, 15) is 10.2 Å². The molecule has 0 aliphatic rings. The summed E-state index contributed by atoms with van der Waals surface area (Å²) in [6.45, 7) is 1.76. The highest BCUT2D eigenvalue weighted by Crippen LogP contribution is 2.34. The van der Waals surface area contributed by atoms with Crippen molar-refractivity contribution in [2.75, 3.05) is 0 Å². The molecule has 2 N–H and O–H groups in total. The second-order valence-electron chi connectivity index (χ2n) is 2.97. The number of phenols is 2. The first-order chi connectivity index (χ1) is 6.20. The molecule has 0 saturated heterocycles. The van der Waals surface area contributed by atoms with Crippen LogP contribution >= 0.6 is 0 Å². The van der Waals surface area contributed by atoms with Gasteiger partial charge in [0.15, 0.2) is 11.5 Å². The van der Waals surface area contributed by atoms with Gasteiger partial charge in [-0.1, -0.05) is 0 Å². The molecule has 66 valence electrons. The maximum Gasteiger partial charge on any atom is 0.161 e. The molecule has 3 nitrogen and oxygen atoms in total. The van der Waals surface area contributed by atoms with Crippen molar-refractivity contribution >= 4 is 10.8 Å². The van der Waals surface area contributed by atoms with Crippen molar-refractivity contribution in [1.82, 2.24) is 4.98 Å². The fraction of sp³-hybridized carbons (Fsp3) is 0.100. The Morgan fingerprint density at radius 3 is 2.85 bits per heavy atom. The van der Waals surface area contributed by atoms with Crippen LogP contribution in [0, 0.1) is 6.92 Å². The van der Waals surface area contributed by atoms with Crippen LogP contribution < -0.4 is 0 Å². The molecule has 1 aromatic carbocycles. The predicted molar refractivity (Wildman–Crippen MR) is 49.8 cm³/mol. The van der Waals surface area contributed by atoms with Crippen LogP contribution in [0.5, 0.6) is 11.5 Å². The van der Waals surface area contributed by atoms with Gasteiger partial charge in [-0.25, -0.2) is 0 Å². The Bertz CT molecular complexity index is 466. The molecule has 13 heavy (non-hydrogen) atoms. The number of hydrogen-bond acceptors (Lipinski definition) is 3. The van der Waals surface area contributed by atoms with E-state index in [0.717, 1.165) is 10.8 Å². The van der Waals surface area contributed by atoms with Gasteiger partial charge in [-0.3, -0.25) is 4.98 Å². The highest BCUT2D eigenvalue weighted by Gasteiger charge is 2.07. The largest absolute Gasteiger partial charge is 0.504 e. The minimum absolute atomic E-state index is 0.0568. The third kappa shape index (κ3) is 1.09. The van der Waals surface area contributed by atoms with E-state index >= 15 is 0 Å². The Balaban J connectivity index is 2.94. The number of nitrogens with zero attached hydrogens (tertiary/aromatic N) is 1. The van der Waals surface area contributed by atoms with Crippen molar-refractivity contribution in [2.24, 2.45) is 0 Å². The molecule has 2 rings (SSSR count). The summed E-state index contributed by atoms with van der Waals surface area (Å²) < 4.78 is 0. The SMILES string of the molecule is Cc1c(O)c(O)cc2cnccc12. The van der Waals surface area contributed by atoms with Gasteiger partial charge in [0.2, 0.25) is 0 Å². The van der Waals surface area contributed by atoms with Gasteiger partial charge < -0.3 is 10.2 Å². The molecular weight excluding hydrogens is 166 g/mol. The van der Waals surface area contributed by atoms with Crippen LogP contribution in [0.1, 0.15) is 5.56 Å². The zero-order chi connectivity index (χ0) is 9.42. The summed E-state index contributed by atoms with van der Waals surface area (Å²) >= 11 is 0. The van der Waals surface area contributed by atoms with Crippen LogP contribution in [0.3, 0.4) is 0 Å². The maximum atomic E-state index is 9.43. The van der Waals surface area contributed by atoms with E-state index in [2.05, 4.69) is 4.98 Å². The molecule has 0 radical (unpaired) electrons. The third-order valence-electron chi connectivity index (χ3n) is 2.15. The number of phenolic OH excluding ortho intramolecular Hbond substituents is 2. The standard InChI is InChI=1S/C10H9NO2/c1-6-8-2-3-11-5-7(8)4-9(12)10(6)13/h2-5,12-13H,1H3. The lowest BCUT2D eigenvalue weighted by molar-refractivity contribution is 0.402. The van der Waals surface area contributed by atoms with Gasteiger partial charge in [-0.2, -0.15) is 0 Å². The molecule has 2 aromatic rings. The number of aryl methyl sites for hydroxylation is 1. The Morgan fingerprint density at radius 1 is 1.31 bits per heavy atom. The summed E-state index contributed by atoms with van der Waals surface area (Å²) in [6, 6.07) is 3.31. The van der Waals surface area contributed by atoms with Gasteiger partial charge in [-0.15, -0.1) is 0 Å². The summed E-state index contributed by atoms with van der Waals surface area (Å²) in [4.78, 5) is 3.93. The van der Waals surface area contributed by atoms with Crippen molar-refractivity contribution in [3.8, 4) is 11.5 Å². The summed E-state index contributed by atoms with van der Waals surface area (Å²) in [7, 11) is 0. The first-order valence-corrected chi connectivity index (χ1v) is 3.95. The zero-order valence-corrected chi connectivity index (χ0v) is 7.15. The van der Waals surface area contributed by atoms with Gasteiger partial charge in [-0.05, 0) is 24.4 Å². The summed E-state index contributed by atoms with van der Waals surface area (Å²) in [5.41, 5.74) is 0.678. The number of pyridine rings is 1. The van der Waals surface area contributed by atoms with Crippen molar-refractivity contribution < 1.29 is 10.2 Å². The van der Waals surface area contributed by atoms with E-state index in [0.29, 0.717) is 5.56 Å². The van der Waals surface area contributed by atoms with E-state index in [1.54, 1.807) is 19.3 Å². The van der Waals surface area contributed by atoms with Crippen LogP contribution in [-0.2, 0) is 0 Å². The van der Waals surface area contributed by atoms with Crippen molar-refractivity contribution in [3.05, 3.63) is 30.1 Å². The number of fused-ring (bicyclic) bond motifs is 1. The lowest BCUT2D eigenvalue weighted by Gasteiger charge is -2.05. The minimum atomic E-state index is -0.0991. The van der Waals surface area contributed by atoms with Gasteiger partial charge in [0, 0.05) is 23.3 Å². The minimum Gasteiger partial charge on any atom is -0.504 e. The number of aromatic hydroxyl groups is 2. The molecular formula is C10H9NO2. The lowest BCUT2D eigenvalue weighted by atomic mass is 10.1. The molecule has 3 heteroatoms. The highest BCUT2D eigenvalue weighted by molar-refractivity contribution is 5.88. The highest BCUT2D eigenvalue weighted by atomic mass is 16.3. The average Bonchev–Trinajstić information content (AvgIpc) is 2.15. The van der Waals surface area contributed by atoms with Crippen LogP contribution in [0.25, 0.3) is 10.8 Å². The molecule has 0 unspecified atom stereocenters. The Labute approximate surface area is 75.3 Å². The van der Waals surface area contributed by atoms with Gasteiger partial charge in [0.1, 0.15) is 0 Å². The fourth-order valence-electron chi connectivity index (χ4n) is 1.40. The van der Waals surface area contributed by atoms with Gasteiger partial charge >= 0.3 is 0 Å². The second kappa shape index (κ2) is 2.62. The molecule has 0 atom stereocenters. The topological polar surface area (TPSA) is 53.4 Å². The molecule has 0 fully saturated rings. The number of hydrogen-bond donors (Lipinski definition) is 2. The summed E-state index contributed by atoms with van der Waals surface area (Å²) in [5, 5.41) is 20.5. The van der Waals surface area contributed by atoms with Crippen LogP contribution in [0.4, 0.5) is 0 Å². The van der Waals surface area contributed by atoms with E-state index in [-0.39, 0.29) is 11.5 Å². The molecule has 1 aromatic heterocycles. The van der Waals surface area contributed by atoms with Gasteiger partial charge in [0.25, 0.3) is 0 Å². The van der Waals surface area contributed by atoms with Crippen LogP contribution in [-0.4, -0.2) is 15.2 Å². The van der Waals surface area contributed by atoms with E-state index in [1.165, 1.54) is 6.07 Å². The number of aromatic nitrogens is 1. The molecule has 0 aliphatic heterocycles. The maximum absolute atomic E-state index is 9.43. The molecule has 1 heterocycles. The predicted octanol–water partition coefficient (Wildman–Crippen LogP) is 1.95. The van der Waals surface area contributed by atoms with Crippen molar-refractivity contribution in [1.29, 1.82) is 0 Å². The summed E-state index contributed by atoms with van der Waals surface area (Å²) in [6.07, 6.45) is 3.31. The number of benzene rings is 1. The van der Waals surface area contributed by atoms with Crippen molar-refractivity contribution in [3.63, 3.8) is 0 Å². The Hall–Kier alpha value is -1.77. The molecule has 0 spiro atoms. The van der Waals surface area contributed by atoms with Crippen LogP contribution in [0.2, 0.25) is 0 Å². The van der Waals surface area contributed by atoms with Gasteiger partial charge in [0.05, 0.1) is 0 Å². The van der Waals surface area contributed by atoms with E-state index in [1.807, 2.05) is 6.07 Å². The quantitative estimate of drug-likeness (QED) is 0.602. The number of rotatable bonds is 0. The average molecular weight is 175 g/mol. The molecule has 0 bridgehead atoms. The fourth-order valence-corrected chi connectivity index (χ4v) is 1.40. The molecule has 0 saturated carbocycles. The van der Waals surface area contributed by atoms with Crippen LogP contribution in [0.15, 0.2) is 24.5 Å². The monoisotopic (exact) mass is 175 g/mol. The normalized spacial score (nSPS) is 10.5. The smallest absolute Gasteiger partial charge is 0.161 e. The van der Waals surface area contributed by atoms with E-state index in [4.69, 9.17) is 0 Å². The molecule has 0 amide bonds. The van der Waals surface area contributed by atoms with Crippen molar-refractivity contribution in [2.45, 2.75) is 6.92 Å².